The largest absolute Gasteiger partial charge is 0.274 e. The van der Waals surface area contributed by atoms with Gasteiger partial charge in [0, 0.05) is 29.8 Å². The van der Waals surface area contributed by atoms with Crippen molar-refractivity contribution in [2.75, 3.05) is 0 Å². The highest BCUT2D eigenvalue weighted by Crippen LogP contribution is 2.36. The van der Waals surface area contributed by atoms with E-state index in [2.05, 4.69) is 5.10 Å². The van der Waals surface area contributed by atoms with Crippen molar-refractivity contribution in [1.29, 1.82) is 0 Å². The molecule has 0 radical (unpaired) electrons. The summed E-state index contributed by atoms with van der Waals surface area (Å²) in [5.74, 6) is 0.259. The van der Waals surface area contributed by atoms with Crippen LogP contribution in [0.25, 0.3) is 0 Å². The summed E-state index contributed by atoms with van der Waals surface area (Å²) >= 11 is 0. The molecular weight excluding hydrogens is 236 g/mol. The Morgan fingerprint density at radius 1 is 1.47 bits per heavy atom. The molecule has 0 saturated heterocycles. The first-order valence-electron chi connectivity index (χ1n) is 4.96. The van der Waals surface area contributed by atoms with E-state index in [1.165, 1.54) is 10.9 Å². The molecule has 0 bridgehead atoms. The zero-order valence-corrected chi connectivity index (χ0v) is 10.1. The molecule has 0 aliphatic heterocycles. The lowest BCUT2D eigenvalue weighted by molar-refractivity contribution is 0.604. The summed E-state index contributed by atoms with van der Waals surface area (Å²) in [6.45, 7) is 0. The third-order valence-electron chi connectivity index (χ3n) is 2.83. The van der Waals surface area contributed by atoms with Gasteiger partial charge in [0.05, 0.1) is 5.69 Å². The monoisotopic (exact) mass is 248 g/mol. The predicted octanol–water partition coefficient (Wildman–Crippen LogP) is 2.01. The van der Waals surface area contributed by atoms with Gasteiger partial charge in [-0.15, -0.1) is 0 Å². The van der Waals surface area contributed by atoms with Gasteiger partial charge in [-0.2, -0.15) is 5.10 Å². The third-order valence-corrected chi connectivity index (χ3v) is 4.17. The van der Waals surface area contributed by atoms with Crippen molar-refractivity contribution < 1.29 is 8.42 Å². The zero-order chi connectivity index (χ0) is 11.1. The molecule has 1 aromatic heterocycles. The number of hydrogen-bond acceptors (Lipinski definition) is 3. The second-order valence-electron chi connectivity index (χ2n) is 3.97. The zero-order valence-electron chi connectivity index (χ0n) is 8.48. The van der Waals surface area contributed by atoms with Gasteiger partial charge in [0.2, 0.25) is 0 Å². The summed E-state index contributed by atoms with van der Waals surface area (Å²) in [5.41, 5.74) is 0.644. The molecule has 84 valence electrons. The Bertz CT molecular complexity index is 460. The van der Waals surface area contributed by atoms with Crippen LogP contribution in [0.1, 0.15) is 37.3 Å². The van der Waals surface area contributed by atoms with Crippen molar-refractivity contribution in [1.82, 2.24) is 9.78 Å². The number of halogens is 1. The van der Waals surface area contributed by atoms with Gasteiger partial charge < -0.3 is 0 Å². The van der Waals surface area contributed by atoms with Crippen LogP contribution in [0.5, 0.6) is 0 Å². The highest BCUT2D eigenvalue weighted by molar-refractivity contribution is 8.13. The van der Waals surface area contributed by atoms with Crippen LogP contribution in [0, 0.1) is 0 Å². The Labute approximate surface area is 93.7 Å². The Morgan fingerprint density at radius 2 is 2.07 bits per heavy atom. The molecule has 0 spiro atoms. The first-order chi connectivity index (χ1) is 6.98. The number of hydrogen-bond donors (Lipinski definition) is 0. The number of rotatable bonds is 2. The molecule has 0 atom stereocenters. The van der Waals surface area contributed by atoms with E-state index >= 15 is 0 Å². The Hall–Kier alpha value is -0.550. The van der Waals surface area contributed by atoms with Crippen molar-refractivity contribution in [2.24, 2.45) is 7.05 Å². The topological polar surface area (TPSA) is 52.0 Å². The van der Waals surface area contributed by atoms with Gasteiger partial charge >= 0.3 is 0 Å². The van der Waals surface area contributed by atoms with E-state index in [-0.39, 0.29) is 10.8 Å². The predicted molar refractivity (Wildman–Crippen MR) is 57.5 cm³/mol. The molecule has 2 rings (SSSR count). The van der Waals surface area contributed by atoms with E-state index in [0.717, 1.165) is 25.7 Å². The van der Waals surface area contributed by atoms with E-state index in [0.29, 0.717) is 5.69 Å². The van der Waals surface area contributed by atoms with Crippen LogP contribution in [-0.4, -0.2) is 18.2 Å². The third kappa shape index (κ3) is 2.18. The molecule has 0 N–H and O–H groups in total. The lowest BCUT2D eigenvalue weighted by atomic mass is 10.1. The molecule has 1 aromatic rings. The summed E-state index contributed by atoms with van der Waals surface area (Å²) in [5, 5.41) is 4.21. The van der Waals surface area contributed by atoms with Crippen LogP contribution in [0.2, 0.25) is 0 Å². The van der Waals surface area contributed by atoms with Crippen LogP contribution in [-0.2, 0) is 16.1 Å². The molecule has 4 nitrogen and oxygen atoms in total. The fourth-order valence-corrected chi connectivity index (χ4v) is 3.25. The molecule has 1 saturated carbocycles. The minimum atomic E-state index is -3.66. The summed E-state index contributed by atoms with van der Waals surface area (Å²) in [7, 11) is 3.43. The average molecular weight is 249 g/mol. The van der Waals surface area contributed by atoms with Gasteiger partial charge in [-0.1, -0.05) is 12.8 Å². The van der Waals surface area contributed by atoms with Gasteiger partial charge in [0.1, 0.15) is 4.90 Å². The van der Waals surface area contributed by atoms with Gasteiger partial charge in [-0.25, -0.2) is 8.42 Å². The highest BCUT2D eigenvalue weighted by Gasteiger charge is 2.27. The molecule has 1 heterocycles. The molecule has 0 aromatic carbocycles. The van der Waals surface area contributed by atoms with Crippen molar-refractivity contribution in [3.05, 3.63) is 11.9 Å². The summed E-state index contributed by atoms with van der Waals surface area (Å²) in [6.07, 6.45) is 5.79. The van der Waals surface area contributed by atoms with Gasteiger partial charge in [0.25, 0.3) is 9.05 Å². The smallest absolute Gasteiger partial charge is 0.264 e. The van der Waals surface area contributed by atoms with E-state index in [4.69, 9.17) is 10.7 Å². The Kier molecular flexibility index (Phi) is 2.77. The summed E-state index contributed by atoms with van der Waals surface area (Å²) in [4.78, 5) is 0.179. The second-order valence-corrected chi connectivity index (χ2v) is 6.51. The number of nitrogens with zero attached hydrogens (tertiary/aromatic N) is 2. The first-order valence-corrected chi connectivity index (χ1v) is 7.27. The fourth-order valence-electron chi connectivity index (χ4n) is 2.15. The standard InChI is InChI=1S/C9H13ClN2O2S/c1-12-6-8(15(10,13)14)9(11-12)7-4-2-3-5-7/h6-7H,2-5H2,1H3. The Morgan fingerprint density at radius 3 is 2.60 bits per heavy atom. The maximum atomic E-state index is 11.3. The SMILES string of the molecule is Cn1cc(S(=O)(=O)Cl)c(C2CCCC2)n1. The van der Waals surface area contributed by atoms with Crippen molar-refractivity contribution >= 4 is 19.7 Å². The molecule has 1 aliphatic rings. The normalized spacial score (nSPS) is 18.5. The fraction of sp³-hybridized carbons (Fsp3) is 0.667. The quantitative estimate of drug-likeness (QED) is 0.753. The lowest BCUT2D eigenvalue weighted by Gasteiger charge is -2.05. The van der Waals surface area contributed by atoms with Crippen LogP contribution in [0.15, 0.2) is 11.1 Å². The van der Waals surface area contributed by atoms with E-state index in [1.54, 1.807) is 7.05 Å². The number of aromatic nitrogens is 2. The maximum Gasteiger partial charge on any atom is 0.264 e. The van der Waals surface area contributed by atoms with Crippen LogP contribution in [0.3, 0.4) is 0 Å². The molecule has 0 unspecified atom stereocenters. The molecule has 1 aliphatic carbocycles. The second kappa shape index (κ2) is 3.79. The highest BCUT2D eigenvalue weighted by atomic mass is 35.7. The average Bonchev–Trinajstić information content (AvgIpc) is 2.68. The molecule has 1 fully saturated rings. The lowest BCUT2D eigenvalue weighted by Crippen LogP contribution is -2.00. The molecular formula is C9H13ClN2O2S. The molecule has 6 heteroatoms. The summed E-state index contributed by atoms with van der Waals surface area (Å²) < 4.78 is 24.2. The first kappa shape index (κ1) is 11.0. The van der Waals surface area contributed by atoms with Crippen LogP contribution < -0.4 is 0 Å². The summed E-state index contributed by atoms with van der Waals surface area (Å²) in [6, 6.07) is 0. The van der Waals surface area contributed by atoms with E-state index in [9.17, 15) is 8.42 Å². The minimum Gasteiger partial charge on any atom is -0.274 e. The van der Waals surface area contributed by atoms with Gasteiger partial charge in [0.15, 0.2) is 0 Å². The van der Waals surface area contributed by atoms with Crippen molar-refractivity contribution in [3.63, 3.8) is 0 Å². The van der Waals surface area contributed by atoms with Crippen LogP contribution >= 0.6 is 10.7 Å². The van der Waals surface area contributed by atoms with Gasteiger partial charge in [-0.05, 0) is 12.8 Å². The van der Waals surface area contributed by atoms with E-state index < -0.39 is 9.05 Å². The molecule has 15 heavy (non-hydrogen) atoms. The molecule has 0 amide bonds. The van der Waals surface area contributed by atoms with Crippen molar-refractivity contribution in [2.45, 2.75) is 36.5 Å². The van der Waals surface area contributed by atoms with E-state index in [1.807, 2.05) is 0 Å². The Balaban J connectivity index is 2.46. The van der Waals surface area contributed by atoms with Crippen LogP contribution in [0.4, 0.5) is 0 Å². The minimum absolute atomic E-state index is 0.179. The maximum absolute atomic E-state index is 11.3. The van der Waals surface area contributed by atoms with Gasteiger partial charge in [-0.3, -0.25) is 4.68 Å². The number of aryl methyl sites for hydroxylation is 1. The van der Waals surface area contributed by atoms with Crippen molar-refractivity contribution in [3.8, 4) is 0 Å².